The molecule has 1 aromatic heterocycles. The van der Waals surface area contributed by atoms with Gasteiger partial charge in [0.1, 0.15) is 12.4 Å². The summed E-state index contributed by atoms with van der Waals surface area (Å²) in [6, 6.07) is 16.4. The summed E-state index contributed by atoms with van der Waals surface area (Å²) < 4.78 is 49.3. The highest BCUT2D eigenvalue weighted by molar-refractivity contribution is 5.91. The van der Waals surface area contributed by atoms with Crippen LogP contribution >= 0.6 is 0 Å². The lowest BCUT2D eigenvalue weighted by Gasteiger charge is -2.12. The molecular formula is C27H23F3N2O3. The minimum atomic E-state index is -4.38. The van der Waals surface area contributed by atoms with E-state index >= 15 is 0 Å². The second-order valence-corrected chi connectivity index (χ2v) is 7.83. The number of alkyl halides is 3. The van der Waals surface area contributed by atoms with Crippen molar-refractivity contribution in [2.45, 2.75) is 32.5 Å². The third kappa shape index (κ3) is 5.95. The van der Waals surface area contributed by atoms with Gasteiger partial charge in [-0.1, -0.05) is 42.5 Å². The third-order valence-corrected chi connectivity index (χ3v) is 5.49. The first-order valence-corrected chi connectivity index (χ1v) is 11.1. The van der Waals surface area contributed by atoms with Crippen molar-refractivity contribution in [3.8, 4) is 16.9 Å². The number of rotatable bonds is 8. The van der Waals surface area contributed by atoms with Crippen LogP contribution in [0, 0.1) is 0 Å². The normalized spacial score (nSPS) is 11.4. The van der Waals surface area contributed by atoms with Gasteiger partial charge in [-0.25, -0.2) is 9.97 Å². The molecule has 0 aliphatic rings. The zero-order valence-corrected chi connectivity index (χ0v) is 19.0. The lowest BCUT2D eigenvalue weighted by atomic mass is 10.00. The van der Waals surface area contributed by atoms with Crippen molar-refractivity contribution in [2.75, 3.05) is 6.61 Å². The van der Waals surface area contributed by atoms with Crippen LogP contribution in [-0.2, 0) is 28.7 Å². The van der Waals surface area contributed by atoms with Gasteiger partial charge in [0, 0.05) is 29.8 Å². The van der Waals surface area contributed by atoms with Gasteiger partial charge in [0.15, 0.2) is 5.82 Å². The van der Waals surface area contributed by atoms with E-state index < -0.39 is 11.7 Å². The predicted molar refractivity (Wildman–Crippen MR) is 126 cm³/mol. The van der Waals surface area contributed by atoms with Crippen molar-refractivity contribution in [1.82, 2.24) is 9.97 Å². The number of hydrogen-bond donors (Lipinski definition) is 0. The largest absolute Gasteiger partial charge is 0.485 e. The molecule has 0 saturated heterocycles. The Morgan fingerprint density at radius 3 is 2.23 bits per heavy atom. The smallest absolute Gasteiger partial charge is 0.416 e. The fourth-order valence-electron chi connectivity index (χ4n) is 3.72. The van der Waals surface area contributed by atoms with Crippen LogP contribution in [0.1, 0.15) is 30.3 Å². The van der Waals surface area contributed by atoms with Crippen LogP contribution in [0.3, 0.4) is 0 Å². The number of ether oxygens (including phenoxy) is 2. The quantitative estimate of drug-likeness (QED) is 0.274. The van der Waals surface area contributed by atoms with Gasteiger partial charge in [-0.2, -0.15) is 13.2 Å². The van der Waals surface area contributed by atoms with E-state index in [2.05, 4.69) is 9.97 Å². The van der Waals surface area contributed by atoms with Crippen molar-refractivity contribution in [2.24, 2.45) is 0 Å². The number of esters is 1. The molecule has 180 valence electrons. The van der Waals surface area contributed by atoms with E-state index in [0.717, 1.165) is 28.5 Å². The summed E-state index contributed by atoms with van der Waals surface area (Å²) in [6.07, 6.45) is -0.388. The summed E-state index contributed by atoms with van der Waals surface area (Å²) in [4.78, 5) is 20.3. The first-order chi connectivity index (χ1) is 16.8. The predicted octanol–water partition coefficient (Wildman–Crippen LogP) is 6.39. The molecule has 0 fully saturated rings. The molecule has 0 aliphatic carbocycles. The molecule has 0 spiro atoms. The molecule has 0 N–H and O–H groups in total. The molecule has 3 aromatic carbocycles. The molecule has 0 unspecified atom stereocenters. The lowest BCUT2D eigenvalue weighted by molar-refractivity contribution is -0.143. The van der Waals surface area contributed by atoms with Gasteiger partial charge in [-0.15, -0.1) is 0 Å². The highest BCUT2D eigenvalue weighted by Crippen LogP contribution is 2.31. The van der Waals surface area contributed by atoms with Gasteiger partial charge < -0.3 is 9.47 Å². The van der Waals surface area contributed by atoms with E-state index in [4.69, 9.17) is 9.47 Å². The first kappa shape index (κ1) is 24.2. The zero-order valence-electron chi connectivity index (χ0n) is 19.0. The summed E-state index contributed by atoms with van der Waals surface area (Å²) in [5.41, 5.74) is 1.53. The van der Waals surface area contributed by atoms with Crippen molar-refractivity contribution >= 4 is 16.7 Å². The second-order valence-electron chi connectivity index (χ2n) is 7.83. The number of hydrogen-bond acceptors (Lipinski definition) is 5. The highest BCUT2D eigenvalue weighted by atomic mass is 19.4. The van der Waals surface area contributed by atoms with E-state index in [0.29, 0.717) is 42.1 Å². The SMILES string of the molecule is CCOC(=O)CCc1ccc(OCc2ncc(-c3ccc(C(F)(F)F)cc3)cn2)c2ccccc12. The van der Waals surface area contributed by atoms with Crippen LogP contribution in [0.15, 0.2) is 73.1 Å². The number of carbonyl (C=O) groups is 1. The topological polar surface area (TPSA) is 61.3 Å². The third-order valence-electron chi connectivity index (χ3n) is 5.49. The Kier molecular flexibility index (Phi) is 7.29. The monoisotopic (exact) mass is 480 g/mol. The van der Waals surface area contributed by atoms with Crippen LogP contribution < -0.4 is 4.74 Å². The number of carbonyl (C=O) groups excluding carboxylic acids is 1. The molecule has 4 aromatic rings. The molecule has 0 atom stereocenters. The van der Waals surface area contributed by atoms with Crippen LogP contribution in [0.4, 0.5) is 13.2 Å². The van der Waals surface area contributed by atoms with Crippen LogP contribution in [0.2, 0.25) is 0 Å². The number of benzene rings is 3. The van der Waals surface area contributed by atoms with Gasteiger partial charge in [0.05, 0.1) is 12.2 Å². The Hall–Kier alpha value is -3.94. The average Bonchev–Trinajstić information content (AvgIpc) is 2.86. The zero-order chi connectivity index (χ0) is 24.8. The maximum absolute atomic E-state index is 12.8. The molecule has 35 heavy (non-hydrogen) atoms. The fraction of sp³-hybridized carbons (Fsp3) is 0.222. The van der Waals surface area contributed by atoms with Crippen molar-refractivity contribution in [1.29, 1.82) is 0 Å². The number of fused-ring (bicyclic) bond motifs is 1. The van der Waals surface area contributed by atoms with Crippen LogP contribution in [0.25, 0.3) is 21.9 Å². The van der Waals surface area contributed by atoms with E-state index in [1.165, 1.54) is 12.1 Å². The van der Waals surface area contributed by atoms with E-state index in [1.807, 2.05) is 36.4 Å². The first-order valence-electron chi connectivity index (χ1n) is 11.1. The minimum absolute atomic E-state index is 0.124. The summed E-state index contributed by atoms with van der Waals surface area (Å²) >= 11 is 0. The van der Waals surface area contributed by atoms with E-state index in [-0.39, 0.29) is 12.6 Å². The molecule has 0 bridgehead atoms. The lowest BCUT2D eigenvalue weighted by Crippen LogP contribution is -2.06. The number of aromatic nitrogens is 2. The Labute approximate surface area is 200 Å². The van der Waals surface area contributed by atoms with Gasteiger partial charge in [0.2, 0.25) is 0 Å². The van der Waals surface area contributed by atoms with Gasteiger partial charge in [-0.3, -0.25) is 4.79 Å². The maximum atomic E-state index is 12.8. The molecule has 4 rings (SSSR count). The Morgan fingerprint density at radius 1 is 0.886 bits per heavy atom. The highest BCUT2D eigenvalue weighted by Gasteiger charge is 2.30. The van der Waals surface area contributed by atoms with Gasteiger partial charge in [0.25, 0.3) is 0 Å². The molecule has 0 radical (unpaired) electrons. The summed E-state index contributed by atoms with van der Waals surface area (Å²) in [5.74, 6) is 0.876. The van der Waals surface area contributed by atoms with E-state index in [9.17, 15) is 18.0 Å². The molecule has 0 aliphatic heterocycles. The molecular weight excluding hydrogens is 457 g/mol. The number of aryl methyl sites for hydroxylation is 1. The number of halogens is 3. The van der Waals surface area contributed by atoms with Crippen molar-refractivity contribution < 1.29 is 27.4 Å². The fourth-order valence-corrected chi connectivity index (χ4v) is 3.72. The molecule has 8 heteroatoms. The van der Waals surface area contributed by atoms with Crippen LogP contribution in [0.5, 0.6) is 5.75 Å². The Balaban J connectivity index is 1.45. The number of nitrogens with zero attached hydrogens (tertiary/aromatic N) is 2. The van der Waals surface area contributed by atoms with Crippen LogP contribution in [-0.4, -0.2) is 22.5 Å². The average molecular weight is 480 g/mol. The molecule has 5 nitrogen and oxygen atoms in total. The molecule has 1 heterocycles. The maximum Gasteiger partial charge on any atom is 0.416 e. The van der Waals surface area contributed by atoms with Crippen molar-refractivity contribution in [3.63, 3.8) is 0 Å². The second kappa shape index (κ2) is 10.5. The Morgan fingerprint density at radius 2 is 1.57 bits per heavy atom. The molecule has 0 amide bonds. The van der Waals surface area contributed by atoms with E-state index in [1.54, 1.807) is 19.3 Å². The summed E-state index contributed by atoms with van der Waals surface area (Å²) in [7, 11) is 0. The minimum Gasteiger partial charge on any atom is -0.485 e. The van der Waals surface area contributed by atoms with Gasteiger partial charge in [-0.05, 0) is 48.1 Å². The summed E-state index contributed by atoms with van der Waals surface area (Å²) in [5, 5.41) is 1.91. The standard InChI is InChI=1S/C27H23F3N2O3/c1-2-34-26(33)14-10-19-9-13-24(23-6-4-3-5-22(19)23)35-17-25-31-15-20(16-32-25)18-7-11-21(12-8-18)27(28,29)30/h3-9,11-13,15-16H,2,10,14,17H2,1H3. The van der Waals surface area contributed by atoms with Gasteiger partial charge >= 0.3 is 12.1 Å². The van der Waals surface area contributed by atoms with Crippen molar-refractivity contribution in [3.05, 3.63) is 90.0 Å². The summed E-state index contributed by atoms with van der Waals surface area (Å²) in [6.45, 7) is 2.27. The Bertz CT molecular complexity index is 1300. The molecule has 0 saturated carbocycles.